The van der Waals surface area contributed by atoms with Gasteiger partial charge in [-0.3, -0.25) is 4.79 Å². The maximum atomic E-state index is 11.6. The van der Waals surface area contributed by atoms with Crippen LogP contribution in [0.2, 0.25) is 0 Å². The highest BCUT2D eigenvalue weighted by Crippen LogP contribution is 2.39. The highest BCUT2D eigenvalue weighted by molar-refractivity contribution is 5.91. The van der Waals surface area contributed by atoms with Crippen LogP contribution in [0, 0.1) is 5.92 Å². The lowest BCUT2D eigenvalue weighted by Crippen LogP contribution is -2.25. The molecule has 0 atom stereocenters. The van der Waals surface area contributed by atoms with Crippen molar-refractivity contribution in [3.8, 4) is 5.75 Å². The van der Waals surface area contributed by atoms with Gasteiger partial charge in [0.05, 0.1) is 6.54 Å². The lowest BCUT2D eigenvalue weighted by atomic mass is 10.3. The van der Waals surface area contributed by atoms with Crippen LogP contribution in [0.3, 0.4) is 0 Å². The molecule has 1 saturated carbocycles. The summed E-state index contributed by atoms with van der Waals surface area (Å²) in [6.07, 6.45) is 2.23. The van der Waals surface area contributed by atoms with E-state index in [2.05, 4.69) is 32.4 Å². The van der Waals surface area contributed by atoms with E-state index < -0.39 is 0 Å². The molecule has 140 valence electrons. The van der Waals surface area contributed by atoms with Crippen molar-refractivity contribution >= 4 is 28.9 Å². The zero-order chi connectivity index (χ0) is 19.2. The fourth-order valence-corrected chi connectivity index (χ4v) is 2.33. The molecule has 3 rings (SSSR count). The Hall–Kier alpha value is -3.26. The van der Waals surface area contributed by atoms with Crippen molar-refractivity contribution in [1.29, 1.82) is 0 Å². The summed E-state index contributed by atoms with van der Waals surface area (Å²) in [6, 6.07) is 10.6. The van der Waals surface area contributed by atoms with E-state index in [1.807, 2.05) is 18.2 Å². The van der Waals surface area contributed by atoms with E-state index in [0.29, 0.717) is 28.9 Å². The van der Waals surface area contributed by atoms with Crippen molar-refractivity contribution in [3.63, 3.8) is 0 Å². The quantitative estimate of drug-likeness (QED) is 0.488. The number of hydrogen-bond donors (Lipinski definition) is 3. The van der Waals surface area contributed by atoms with Crippen molar-refractivity contribution in [2.24, 2.45) is 16.1 Å². The van der Waals surface area contributed by atoms with Crippen molar-refractivity contribution in [2.75, 3.05) is 24.6 Å². The van der Waals surface area contributed by atoms with Crippen LogP contribution in [-0.4, -0.2) is 24.5 Å². The van der Waals surface area contributed by atoms with Crippen LogP contribution in [0.4, 0.5) is 23.0 Å². The molecule has 4 N–H and O–H groups in total. The number of nitrogens with two attached hydrogens (primary N) is 1. The normalized spacial score (nSPS) is 13.5. The molecular weight excluding hydrogens is 344 g/mol. The SMILES string of the molecule is C=C(Oc1ccccc1/N=N/c1ccc(NC(=O)CNC)nc1N)C1CC1. The lowest BCUT2D eigenvalue weighted by molar-refractivity contribution is -0.115. The standard InChI is InChI=1S/C19H22N6O2/c1-12(13-7-8-13)27-16-6-4-3-5-14(16)24-25-15-9-10-17(23-19(15)20)22-18(26)11-21-2/h3-6,9-10,13,21H,1,7-8,11H2,2H3,(H3,20,22,23,26)/b25-24+. The Morgan fingerprint density at radius 1 is 1.26 bits per heavy atom. The highest BCUT2D eigenvalue weighted by Gasteiger charge is 2.26. The van der Waals surface area contributed by atoms with Crippen molar-refractivity contribution in [3.05, 3.63) is 48.7 Å². The van der Waals surface area contributed by atoms with Crippen LogP contribution >= 0.6 is 0 Å². The Balaban J connectivity index is 1.72. The van der Waals surface area contributed by atoms with Crippen molar-refractivity contribution in [2.45, 2.75) is 12.8 Å². The van der Waals surface area contributed by atoms with Gasteiger partial charge in [0.15, 0.2) is 11.6 Å². The van der Waals surface area contributed by atoms with E-state index in [1.165, 1.54) is 0 Å². The second kappa shape index (κ2) is 8.41. The molecule has 8 heteroatoms. The van der Waals surface area contributed by atoms with E-state index in [-0.39, 0.29) is 18.3 Å². The number of carbonyl (C=O) groups is 1. The summed E-state index contributed by atoms with van der Waals surface area (Å²) in [7, 11) is 1.69. The molecule has 1 heterocycles. The minimum Gasteiger partial charge on any atom is -0.460 e. The van der Waals surface area contributed by atoms with Crippen LogP contribution in [0.25, 0.3) is 0 Å². The maximum Gasteiger partial charge on any atom is 0.239 e. The van der Waals surface area contributed by atoms with Gasteiger partial charge in [-0.1, -0.05) is 18.7 Å². The number of amides is 1. The molecule has 1 fully saturated rings. The topological polar surface area (TPSA) is 114 Å². The number of aromatic nitrogens is 1. The Labute approximate surface area is 157 Å². The second-order valence-corrected chi connectivity index (χ2v) is 6.19. The third-order valence-corrected chi connectivity index (χ3v) is 3.91. The number of nitrogen functional groups attached to an aromatic ring is 1. The average molecular weight is 366 g/mol. The number of allylic oxidation sites excluding steroid dienone is 1. The fraction of sp³-hybridized carbons (Fsp3) is 0.263. The number of rotatable bonds is 8. The third kappa shape index (κ3) is 5.11. The molecule has 2 aromatic rings. The van der Waals surface area contributed by atoms with Gasteiger partial charge in [0, 0.05) is 5.92 Å². The van der Waals surface area contributed by atoms with Gasteiger partial charge in [-0.2, -0.15) is 0 Å². The van der Waals surface area contributed by atoms with Crippen LogP contribution < -0.4 is 21.1 Å². The summed E-state index contributed by atoms with van der Waals surface area (Å²) in [6.45, 7) is 4.15. The largest absolute Gasteiger partial charge is 0.460 e. The molecule has 0 spiro atoms. The Morgan fingerprint density at radius 2 is 2.00 bits per heavy atom. The molecule has 0 aliphatic heterocycles. The van der Waals surface area contributed by atoms with Gasteiger partial charge in [-0.15, -0.1) is 10.2 Å². The summed E-state index contributed by atoms with van der Waals surface area (Å²) in [4.78, 5) is 15.7. The number of nitrogens with zero attached hydrogens (tertiary/aromatic N) is 3. The fourth-order valence-electron chi connectivity index (χ4n) is 2.33. The first kappa shape index (κ1) is 18.5. The first-order valence-corrected chi connectivity index (χ1v) is 8.65. The monoisotopic (exact) mass is 366 g/mol. The van der Waals surface area contributed by atoms with Crippen molar-refractivity contribution < 1.29 is 9.53 Å². The first-order valence-electron chi connectivity index (χ1n) is 8.65. The van der Waals surface area contributed by atoms with Crippen LogP contribution in [-0.2, 0) is 4.79 Å². The van der Waals surface area contributed by atoms with E-state index in [9.17, 15) is 4.79 Å². The number of pyridine rings is 1. The molecule has 1 aromatic carbocycles. The van der Waals surface area contributed by atoms with Crippen LogP contribution in [0.5, 0.6) is 5.75 Å². The van der Waals surface area contributed by atoms with Gasteiger partial charge < -0.3 is 21.1 Å². The minimum atomic E-state index is -0.208. The lowest BCUT2D eigenvalue weighted by Gasteiger charge is -2.09. The zero-order valence-corrected chi connectivity index (χ0v) is 15.1. The summed E-state index contributed by atoms with van der Waals surface area (Å²) in [5, 5.41) is 13.8. The third-order valence-electron chi connectivity index (χ3n) is 3.91. The average Bonchev–Trinajstić information content (AvgIpc) is 3.47. The van der Waals surface area contributed by atoms with E-state index in [0.717, 1.165) is 18.6 Å². The summed E-state index contributed by atoms with van der Waals surface area (Å²) in [5.74, 6) is 2.10. The summed E-state index contributed by atoms with van der Waals surface area (Å²) >= 11 is 0. The molecule has 1 aliphatic carbocycles. The molecule has 0 bridgehead atoms. The molecule has 1 aromatic heterocycles. The van der Waals surface area contributed by atoms with Gasteiger partial charge in [0.2, 0.25) is 5.91 Å². The number of para-hydroxylation sites is 1. The molecule has 0 unspecified atom stereocenters. The molecular formula is C19H22N6O2. The smallest absolute Gasteiger partial charge is 0.239 e. The molecule has 27 heavy (non-hydrogen) atoms. The van der Waals surface area contributed by atoms with Gasteiger partial charge in [-0.25, -0.2) is 4.98 Å². The number of ether oxygens (including phenoxy) is 1. The number of azo groups is 1. The molecule has 1 aliphatic rings. The number of benzene rings is 1. The molecule has 8 nitrogen and oxygen atoms in total. The van der Waals surface area contributed by atoms with Crippen LogP contribution in [0.15, 0.2) is 59.0 Å². The van der Waals surface area contributed by atoms with E-state index in [4.69, 9.17) is 10.5 Å². The first-order chi connectivity index (χ1) is 13.1. The second-order valence-electron chi connectivity index (χ2n) is 6.19. The number of anilines is 2. The van der Waals surface area contributed by atoms with E-state index >= 15 is 0 Å². The van der Waals surface area contributed by atoms with Crippen molar-refractivity contribution in [1.82, 2.24) is 10.3 Å². The predicted octanol–water partition coefficient (Wildman–Crippen LogP) is 3.54. The van der Waals surface area contributed by atoms with Crippen LogP contribution in [0.1, 0.15) is 12.8 Å². The van der Waals surface area contributed by atoms with Gasteiger partial charge in [-0.05, 0) is 44.2 Å². The Kier molecular flexibility index (Phi) is 5.77. The number of carbonyl (C=O) groups excluding carboxylic acids is 1. The minimum absolute atomic E-state index is 0.168. The van der Waals surface area contributed by atoms with Gasteiger partial charge >= 0.3 is 0 Å². The summed E-state index contributed by atoms with van der Waals surface area (Å²) in [5.41, 5.74) is 6.90. The van der Waals surface area contributed by atoms with E-state index in [1.54, 1.807) is 25.2 Å². The number of likely N-dealkylation sites (N-methyl/N-ethyl adjacent to an activating group) is 1. The molecule has 1 amide bonds. The van der Waals surface area contributed by atoms with Gasteiger partial charge in [0.25, 0.3) is 0 Å². The zero-order valence-electron chi connectivity index (χ0n) is 15.1. The Bertz CT molecular complexity index is 876. The summed E-state index contributed by atoms with van der Waals surface area (Å²) < 4.78 is 5.83. The molecule has 0 radical (unpaired) electrons. The highest BCUT2D eigenvalue weighted by atomic mass is 16.5. The maximum absolute atomic E-state index is 11.6. The Morgan fingerprint density at radius 3 is 2.70 bits per heavy atom. The number of hydrogen-bond acceptors (Lipinski definition) is 7. The predicted molar refractivity (Wildman–Crippen MR) is 104 cm³/mol. The number of nitrogens with one attached hydrogen (secondary N) is 2. The van der Waals surface area contributed by atoms with Gasteiger partial charge in [0.1, 0.15) is 23.0 Å². The molecule has 0 saturated heterocycles.